The maximum atomic E-state index is 12.9. The van der Waals surface area contributed by atoms with Crippen LogP contribution in [0.2, 0.25) is 5.02 Å². The molecule has 1 aliphatic heterocycles. The van der Waals surface area contributed by atoms with E-state index in [1.54, 1.807) is 0 Å². The van der Waals surface area contributed by atoms with E-state index in [0.717, 1.165) is 38.0 Å². The van der Waals surface area contributed by atoms with Crippen LogP contribution >= 0.6 is 11.6 Å². The van der Waals surface area contributed by atoms with Gasteiger partial charge < -0.3 is 10.2 Å². The molecule has 0 radical (unpaired) electrons. The van der Waals surface area contributed by atoms with Crippen LogP contribution in [-0.2, 0) is 10.2 Å². The summed E-state index contributed by atoms with van der Waals surface area (Å²) in [7, 11) is 1.99. The van der Waals surface area contributed by atoms with Crippen molar-refractivity contribution in [1.29, 1.82) is 0 Å². The average molecular weight is 309 g/mol. The minimum Gasteiger partial charge on any atom is -0.342 e. The number of rotatable bonds is 4. The van der Waals surface area contributed by atoms with Crippen LogP contribution in [0.1, 0.15) is 32.3 Å². The van der Waals surface area contributed by atoms with Crippen LogP contribution < -0.4 is 5.32 Å². The molecule has 116 valence electrons. The first-order chi connectivity index (χ1) is 9.95. The van der Waals surface area contributed by atoms with Gasteiger partial charge in [-0.05, 0) is 63.9 Å². The third kappa shape index (κ3) is 3.78. The molecule has 2 rings (SSSR count). The second-order valence-electron chi connectivity index (χ2n) is 6.43. The van der Waals surface area contributed by atoms with Gasteiger partial charge in [0.25, 0.3) is 0 Å². The number of carbonyl (C=O) groups is 1. The number of nitrogens with zero attached hydrogens (tertiary/aromatic N) is 1. The van der Waals surface area contributed by atoms with Gasteiger partial charge in [-0.25, -0.2) is 0 Å². The number of carbonyl (C=O) groups excluding carboxylic acids is 1. The van der Waals surface area contributed by atoms with Gasteiger partial charge in [0, 0.05) is 18.1 Å². The standard InChI is InChI=1S/C17H25ClN2O/c1-17(2,14-5-4-6-15(18)11-14)16(21)20-9-7-13(8-10-20)12-19-3/h4-6,11,13,19H,7-10,12H2,1-3H3. The molecule has 0 aliphatic carbocycles. The van der Waals surface area contributed by atoms with Crippen LogP contribution in [-0.4, -0.2) is 37.5 Å². The third-order valence-corrected chi connectivity index (χ3v) is 4.71. The van der Waals surface area contributed by atoms with E-state index in [-0.39, 0.29) is 5.91 Å². The normalized spacial score (nSPS) is 17.0. The summed E-state index contributed by atoms with van der Waals surface area (Å²) in [5.41, 5.74) is 0.457. The van der Waals surface area contributed by atoms with E-state index >= 15 is 0 Å². The quantitative estimate of drug-likeness (QED) is 0.927. The maximum Gasteiger partial charge on any atom is 0.232 e. The Bertz CT molecular complexity index is 493. The second-order valence-corrected chi connectivity index (χ2v) is 6.87. The van der Waals surface area contributed by atoms with Gasteiger partial charge in [0.15, 0.2) is 0 Å². The highest BCUT2D eigenvalue weighted by Gasteiger charge is 2.35. The number of hydrogen-bond donors (Lipinski definition) is 1. The van der Waals surface area contributed by atoms with Gasteiger partial charge in [0.05, 0.1) is 5.41 Å². The number of hydrogen-bond acceptors (Lipinski definition) is 2. The van der Waals surface area contributed by atoms with Gasteiger partial charge in [-0.1, -0.05) is 23.7 Å². The zero-order valence-corrected chi connectivity index (χ0v) is 13.9. The lowest BCUT2D eigenvalue weighted by atomic mass is 9.82. The topological polar surface area (TPSA) is 32.3 Å². The van der Waals surface area contributed by atoms with Gasteiger partial charge in [0.2, 0.25) is 5.91 Å². The molecule has 1 aromatic carbocycles. The number of benzene rings is 1. The zero-order valence-electron chi connectivity index (χ0n) is 13.2. The molecular formula is C17H25ClN2O. The SMILES string of the molecule is CNCC1CCN(C(=O)C(C)(C)c2cccc(Cl)c2)CC1. The molecular weight excluding hydrogens is 284 g/mol. The Labute approximate surface area is 132 Å². The van der Waals surface area contributed by atoms with Gasteiger partial charge in [-0.2, -0.15) is 0 Å². The summed E-state index contributed by atoms with van der Waals surface area (Å²) in [5.74, 6) is 0.890. The first kappa shape index (κ1) is 16.3. The molecule has 4 heteroatoms. The maximum absolute atomic E-state index is 12.9. The molecule has 1 aromatic rings. The molecule has 0 atom stereocenters. The van der Waals surface area contributed by atoms with E-state index in [1.807, 2.05) is 50.1 Å². The van der Waals surface area contributed by atoms with E-state index < -0.39 is 5.41 Å². The van der Waals surface area contributed by atoms with Crippen molar-refractivity contribution in [2.24, 2.45) is 5.92 Å². The van der Waals surface area contributed by atoms with Crippen LogP contribution in [0.15, 0.2) is 24.3 Å². The Morgan fingerprint density at radius 3 is 2.62 bits per heavy atom. The molecule has 1 amide bonds. The monoisotopic (exact) mass is 308 g/mol. The van der Waals surface area contributed by atoms with Crippen LogP contribution in [0.3, 0.4) is 0 Å². The first-order valence-corrected chi connectivity index (χ1v) is 8.03. The van der Waals surface area contributed by atoms with E-state index in [2.05, 4.69) is 5.32 Å². The van der Waals surface area contributed by atoms with Crippen molar-refractivity contribution in [3.05, 3.63) is 34.9 Å². The molecule has 21 heavy (non-hydrogen) atoms. The largest absolute Gasteiger partial charge is 0.342 e. The predicted molar refractivity (Wildman–Crippen MR) is 87.7 cm³/mol. The third-order valence-electron chi connectivity index (χ3n) is 4.48. The fraction of sp³-hybridized carbons (Fsp3) is 0.588. The summed E-state index contributed by atoms with van der Waals surface area (Å²) in [6.45, 7) is 6.73. The fourth-order valence-electron chi connectivity index (χ4n) is 3.02. The lowest BCUT2D eigenvalue weighted by molar-refractivity contribution is -0.137. The van der Waals surface area contributed by atoms with Crippen molar-refractivity contribution in [2.75, 3.05) is 26.7 Å². The molecule has 1 N–H and O–H groups in total. The summed E-state index contributed by atoms with van der Waals surface area (Å²) in [6, 6.07) is 7.63. The summed E-state index contributed by atoms with van der Waals surface area (Å²) in [4.78, 5) is 14.9. The summed E-state index contributed by atoms with van der Waals surface area (Å²) in [5, 5.41) is 3.91. The minimum absolute atomic E-state index is 0.202. The highest BCUT2D eigenvalue weighted by atomic mass is 35.5. The van der Waals surface area contributed by atoms with E-state index in [1.165, 1.54) is 0 Å². The van der Waals surface area contributed by atoms with Crippen LogP contribution in [0, 0.1) is 5.92 Å². The fourth-order valence-corrected chi connectivity index (χ4v) is 3.22. The van der Waals surface area contributed by atoms with Gasteiger partial charge in [-0.3, -0.25) is 4.79 Å². The van der Waals surface area contributed by atoms with Gasteiger partial charge >= 0.3 is 0 Å². The van der Waals surface area contributed by atoms with Crippen molar-refractivity contribution in [2.45, 2.75) is 32.1 Å². The van der Waals surface area contributed by atoms with E-state index in [4.69, 9.17) is 11.6 Å². The molecule has 0 unspecified atom stereocenters. The Morgan fingerprint density at radius 2 is 2.05 bits per heavy atom. The molecule has 1 saturated heterocycles. The van der Waals surface area contributed by atoms with Crippen molar-refractivity contribution in [3.63, 3.8) is 0 Å². The van der Waals surface area contributed by atoms with Gasteiger partial charge in [-0.15, -0.1) is 0 Å². The Kier molecular flexibility index (Phi) is 5.28. The average Bonchev–Trinajstić information content (AvgIpc) is 2.47. The number of nitrogens with one attached hydrogen (secondary N) is 1. The number of amides is 1. The smallest absolute Gasteiger partial charge is 0.232 e. The zero-order chi connectivity index (χ0) is 15.5. The first-order valence-electron chi connectivity index (χ1n) is 7.65. The lowest BCUT2D eigenvalue weighted by Crippen LogP contribution is -2.47. The predicted octanol–water partition coefficient (Wildman–Crippen LogP) is 3.08. The summed E-state index contributed by atoms with van der Waals surface area (Å²) in [6.07, 6.45) is 2.16. The molecule has 0 saturated carbocycles. The Morgan fingerprint density at radius 1 is 1.38 bits per heavy atom. The molecule has 0 aromatic heterocycles. The van der Waals surface area contributed by atoms with E-state index in [0.29, 0.717) is 10.9 Å². The molecule has 1 aliphatic rings. The van der Waals surface area contributed by atoms with Crippen LogP contribution in [0.4, 0.5) is 0 Å². The highest BCUT2D eigenvalue weighted by molar-refractivity contribution is 6.30. The molecule has 1 fully saturated rings. The van der Waals surface area contributed by atoms with Gasteiger partial charge in [0.1, 0.15) is 0 Å². The van der Waals surface area contributed by atoms with Crippen molar-refractivity contribution in [1.82, 2.24) is 10.2 Å². The molecule has 0 bridgehead atoms. The van der Waals surface area contributed by atoms with E-state index in [9.17, 15) is 4.79 Å². The number of likely N-dealkylation sites (tertiary alicyclic amines) is 1. The molecule has 0 spiro atoms. The Balaban J connectivity index is 2.05. The molecule has 3 nitrogen and oxygen atoms in total. The van der Waals surface area contributed by atoms with Crippen LogP contribution in [0.25, 0.3) is 0 Å². The van der Waals surface area contributed by atoms with Crippen molar-refractivity contribution >= 4 is 17.5 Å². The van der Waals surface area contributed by atoms with Crippen molar-refractivity contribution < 1.29 is 4.79 Å². The number of piperidine rings is 1. The summed E-state index contributed by atoms with van der Waals surface area (Å²) < 4.78 is 0. The minimum atomic E-state index is -0.527. The van der Waals surface area contributed by atoms with Crippen molar-refractivity contribution in [3.8, 4) is 0 Å². The number of halogens is 1. The van der Waals surface area contributed by atoms with Crippen LogP contribution in [0.5, 0.6) is 0 Å². The second kappa shape index (κ2) is 6.80. The molecule has 1 heterocycles. The summed E-state index contributed by atoms with van der Waals surface area (Å²) >= 11 is 6.06. The lowest BCUT2D eigenvalue weighted by Gasteiger charge is -2.37. The highest BCUT2D eigenvalue weighted by Crippen LogP contribution is 2.29. The Hall–Kier alpha value is -1.06.